The van der Waals surface area contributed by atoms with Crippen LogP contribution >= 0.6 is 0 Å². The van der Waals surface area contributed by atoms with Crippen LogP contribution in [-0.2, 0) is 23.3 Å². The van der Waals surface area contributed by atoms with Gasteiger partial charge in [-0.15, -0.1) is 0 Å². The zero-order valence-corrected chi connectivity index (χ0v) is 20.4. The number of rotatable bonds is 5. The Kier molecular flexibility index (Phi) is 5.74. The maximum Gasteiger partial charge on any atom is 0.251 e. The lowest BCUT2D eigenvalue weighted by atomic mass is 9.79. The fraction of sp³-hybridized carbons (Fsp3) is 0.286. The van der Waals surface area contributed by atoms with E-state index in [1.54, 1.807) is 18.3 Å². The monoisotopic (exact) mass is 491 g/mol. The molecule has 4 aromatic rings. The molecular weight excluding hydrogens is 466 g/mol. The second-order valence-electron chi connectivity index (χ2n) is 9.68. The number of fused-ring (bicyclic) bond motifs is 2. The Hall–Kier alpha value is -4.42. The third-order valence-corrected chi connectivity index (χ3v) is 7.01. The van der Waals surface area contributed by atoms with E-state index in [1.165, 1.54) is 6.42 Å². The van der Waals surface area contributed by atoms with Crippen LogP contribution in [0.4, 0.5) is 5.95 Å². The second kappa shape index (κ2) is 9.22. The Morgan fingerprint density at radius 2 is 2.05 bits per heavy atom. The molecule has 0 aliphatic carbocycles. The van der Waals surface area contributed by atoms with Crippen molar-refractivity contribution in [2.24, 2.45) is 0 Å². The minimum absolute atomic E-state index is 0.230. The van der Waals surface area contributed by atoms with E-state index >= 15 is 0 Å². The van der Waals surface area contributed by atoms with E-state index in [4.69, 9.17) is 9.72 Å². The first-order chi connectivity index (χ1) is 18.0. The van der Waals surface area contributed by atoms with Crippen LogP contribution in [0.25, 0.3) is 22.2 Å². The molecule has 6 rings (SSSR count). The van der Waals surface area contributed by atoms with Crippen molar-refractivity contribution in [2.75, 3.05) is 24.6 Å². The highest BCUT2D eigenvalue weighted by molar-refractivity contribution is 5.94. The second-order valence-corrected chi connectivity index (χ2v) is 9.68. The average molecular weight is 492 g/mol. The number of benzene rings is 2. The van der Waals surface area contributed by atoms with Gasteiger partial charge in [-0.05, 0) is 60.9 Å². The van der Waals surface area contributed by atoms with Gasteiger partial charge in [0.2, 0.25) is 5.95 Å². The van der Waals surface area contributed by atoms with Gasteiger partial charge in [-0.25, -0.2) is 9.97 Å². The molecule has 9 nitrogen and oxygen atoms in total. The van der Waals surface area contributed by atoms with E-state index in [2.05, 4.69) is 31.5 Å². The summed E-state index contributed by atoms with van der Waals surface area (Å²) in [5, 5.41) is 22.1. The number of nitriles is 1. The van der Waals surface area contributed by atoms with Crippen molar-refractivity contribution < 1.29 is 9.53 Å². The van der Waals surface area contributed by atoms with Gasteiger partial charge in [-0.2, -0.15) is 15.5 Å². The first-order valence-electron chi connectivity index (χ1n) is 12.3. The molecule has 0 spiro atoms. The highest BCUT2D eigenvalue weighted by Crippen LogP contribution is 2.32. The van der Waals surface area contributed by atoms with Gasteiger partial charge in [0.25, 0.3) is 5.91 Å². The maximum atomic E-state index is 12.9. The molecule has 1 N–H and O–H groups in total. The Bertz CT molecular complexity index is 1560. The lowest BCUT2D eigenvalue weighted by Gasteiger charge is -2.30. The molecule has 37 heavy (non-hydrogen) atoms. The van der Waals surface area contributed by atoms with Gasteiger partial charge >= 0.3 is 0 Å². The molecule has 184 valence electrons. The highest BCUT2D eigenvalue weighted by Gasteiger charge is 2.33. The lowest BCUT2D eigenvalue weighted by Crippen LogP contribution is -2.38. The molecular formula is C28H25N7O2. The summed E-state index contributed by atoms with van der Waals surface area (Å²) in [7, 11) is 0. The third-order valence-electron chi connectivity index (χ3n) is 7.01. The fourth-order valence-electron chi connectivity index (χ4n) is 4.68. The van der Waals surface area contributed by atoms with Gasteiger partial charge in [0.15, 0.2) is 0 Å². The van der Waals surface area contributed by atoms with E-state index in [-0.39, 0.29) is 12.5 Å². The molecule has 2 aliphatic rings. The maximum absolute atomic E-state index is 12.9. The number of carbonyl (C=O) groups is 1. The topological polar surface area (TPSA) is 117 Å². The highest BCUT2D eigenvalue weighted by atomic mass is 16.5. The van der Waals surface area contributed by atoms with Crippen LogP contribution in [-0.4, -0.2) is 45.8 Å². The van der Waals surface area contributed by atoms with Crippen molar-refractivity contribution in [1.29, 1.82) is 5.26 Å². The van der Waals surface area contributed by atoms with Gasteiger partial charge in [0, 0.05) is 35.8 Å². The summed E-state index contributed by atoms with van der Waals surface area (Å²) in [5.74, 6) is 0.523. The minimum atomic E-state index is -0.773. The summed E-state index contributed by atoms with van der Waals surface area (Å²) in [5.41, 5.74) is 4.74. The van der Waals surface area contributed by atoms with Gasteiger partial charge < -0.3 is 15.0 Å². The Labute approximate surface area is 214 Å². The summed E-state index contributed by atoms with van der Waals surface area (Å²) >= 11 is 0. The van der Waals surface area contributed by atoms with Crippen molar-refractivity contribution in [2.45, 2.75) is 31.9 Å². The van der Waals surface area contributed by atoms with Gasteiger partial charge in [-0.3, -0.25) is 4.79 Å². The van der Waals surface area contributed by atoms with Crippen LogP contribution in [0.2, 0.25) is 0 Å². The fourth-order valence-corrected chi connectivity index (χ4v) is 4.68. The van der Waals surface area contributed by atoms with Crippen molar-refractivity contribution in [3.63, 3.8) is 0 Å². The molecule has 9 heteroatoms. The SMILES string of the molecule is C[C@@]1(C#N)COCc2ccc(C(=O)NCc3cc4cc(-c5ccnc(N6CCC6)n5)ccc4nn3)cc21. The molecule has 0 radical (unpaired) electrons. The zero-order valence-electron chi connectivity index (χ0n) is 20.4. The smallest absolute Gasteiger partial charge is 0.251 e. The van der Waals surface area contributed by atoms with E-state index in [9.17, 15) is 10.1 Å². The summed E-state index contributed by atoms with van der Waals surface area (Å²) in [6.45, 7) is 4.79. The van der Waals surface area contributed by atoms with Gasteiger partial charge in [0.05, 0.1) is 42.7 Å². The first kappa shape index (κ1) is 23.0. The molecule has 1 saturated heterocycles. The molecule has 1 atom stereocenters. The van der Waals surface area contributed by atoms with Crippen molar-refractivity contribution >= 4 is 22.8 Å². The van der Waals surface area contributed by atoms with Crippen molar-refractivity contribution in [3.8, 4) is 17.3 Å². The Morgan fingerprint density at radius 3 is 2.86 bits per heavy atom. The molecule has 2 aromatic carbocycles. The minimum Gasteiger partial charge on any atom is -0.375 e. The molecule has 0 saturated carbocycles. The third kappa shape index (κ3) is 4.36. The molecule has 1 fully saturated rings. The largest absolute Gasteiger partial charge is 0.375 e. The number of amides is 1. The number of carbonyl (C=O) groups excluding carboxylic acids is 1. The van der Waals surface area contributed by atoms with Crippen LogP contribution in [0.3, 0.4) is 0 Å². The number of hydrogen-bond donors (Lipinski definition) is 1. The zero-order chi connectivity index (χ0) is 25.4. The molecule has 0 unspecified atom stereocenters. The number of nitrogens with one attached hydrogen (secondary N) is 1. The van der Waals surface area contributed by atoms with Crippen LogP contribution in [0.5, 0.6) is 0 Å². The van der Waals surface area contributed by atoms with Crippen LogP contribution < -0.4 is 10.2 Å². The normalized spacial score (nSPS) is 18.5. The summed E-state index contributed by atoms with van der Waals surface area (Å²) < 4.78 is 5.56. The number of nitrogens with zero attached hydrogens (tertiary/aromatic N) is 6. The number of hydrogen-bond acceptors (Lipinski definition) is 8. The number of anilines is 1. The number of ether oxygens (including phenoxy) is 1. The lowest BCUT2D eigenvalue weighted by molar-refractivity contribution is 0.0757. The summed E-state index contributed by atoms with van der Waals surface area (Å²) in [4.78, 5) is 24.2. The van der Waals surface area contributed by atoms with Crippen molar-refractivity contribution in [1.82, 2.24) is 25.5 Å². The summed E-state index contributed by atoms with van der Waals surface area (Å²) in [6.07, 6.45) is 2.96. The predicted molar refractivity (Wildman–Crippen MR) is 138 cm³/mol. The van der Waals surface area contributed by atoms with Crippen LogP contribution in [0, 0.1) is 11.3 Å². The average Bonchev–Trinajstić information content (AvgIpc) is 2.90. The van der Waals surface area contributed by atoms with Gasteiger partial charge in [0.1, 0.15) is 5.41 Å². The van der Waals surface area contributed by atoms with Crippen molar-refractivity contribution in [3.05, 3.63) is 77.1 Å². The van der Waals surface area contributed by atoms with E-state index in [1.807, 2.05) is 43.3 Å². The molecule has 0 bridgehead atoms. The molecule has 4 heterocycles. The Morgan fingerprint density at radius 1 is 1.16 bits per heavy atom. The standard InChI is InChI=1S/C28H25N7O2/c1-28(16-29)17-37-15-20-4-3-19(13-23(20)28)26(36)31-14-22-12-21-11-18(5-6-25(21)34-33-22)24-7-8-30-27(32-24)35-9-2-10-35/h3-8,11-13H,2,9-10,14-15,17H2,1H3,(H,31,36)/t28-/m1/s1. The first-order valence-corrected chi connectivity index (χ1v) is 12.3. The van der Waals surface area contributed by atoms with Gasteiger partial charge in [-0.1, -0.05) is 12.1 Å². The molecule has 2 aromatic heterocycles. The number of aromatic nitrogens is 4. The summed E-state index contributed by atoms with van der Waals surface area (Å²) in [6, 6.07) is 17.5. The van der Waals surface area contributed by atoms with E-state index in [0.29, 0.717) is 24.5 Å². The molecule has 1 amide bonds. The molecule has 2 aliphatic heterocycles. The van der Waals surface area contributed by atoms with Crippen LogP contribution in [0.15, 0.2) is 54.7 Å². The van der Waals surface area contributed by atoms with E-state index in [0.717, 1.165) is 52.3 Å². The predicted octanol–water partition coefficient (Wildman–Crippen LogP) is 3.54. The Balaban J connectivity index is 1.20. The van der Waals surface area contributed by atoms with Crippen LogP contribution in [0.1, 0.15) is 40.5 Å². The van der Waals surface area contributed by atoms with E-state index < -0.39 is 5.41 Å². The quantitative estimate of drug-likeness (QED) is 0.451.